The highest BCUT2D eigenvalue weighted by atomic mass is 16.6. The minimum atomic E-state index is -1.14. The Bertz CT molecular complexity index is 594. The molecule has 144 valence electrons. The van der Waals surface area contributed by atoms with Crippen LogP contribution in [0.4, 0.5) is 4.79 Å². The molecule has 1 rings (SSSR count). The van der Waals surface area contributed by atoms with Gasteiger partial charge in [-0.15, -0.1) is 0 Å². The maximum absolute atomic E-state index is 11.7. The van der Waals surface area contributed by atoms with Crippen LogP contribution in [0.1, 0.15) is 52.0 Å². The van der Waals surface area contributed by atoms with Gasteiger partial charge in [0.1, 0.15) is 18.2 Å². The van der Waals surface area contributed by atoms with E-state index >= 15 is 0 Å². The van der Waals surface area contributed by atoms with Gasteiger partial charge in [-0.25, -0.2) is 9.59 Å². The fourth-order valence-corrected chi connectivity index (χ4v) is 2.14. The van der Waals surface area contributed by atoms with E-state index in [4.69, 9.17) is 9.47 Å². The number of hydrogen-bond donors (Lipinski definition) is 2. The number of hydrogen-bond acceptors (Lipinski definition) is 5. The third-order valence-electron chi connectivity index (χ3n) is 3.36. The molecule has 26 heavy (non-hydrogen) atoms. The van der Waals surface area contributed by atoms with Crippen LogP contribution >= 0.6 is 0 Å². The number of aliphatic carboxylic acids is 1. The molecule has 2 N–H and O–H groups in total. The topological polar surface area (TPSA) is 102 Å². The van der Waals surface area contributed by atoms with Crippen molar-refractivity contribution in [3.8, 4) is 0 Å². The van der Waals surface area contributed by atoms with Crippen molar-refractivity contribution in [1.82, 2.24) is 5.32 Å². The van der Waals surface area contributed by atoms with Crippen LogP contribution in [-0.4, -0.2) is 34.8 Å². The molecule has 0 spiro atoms. The second kappa shape index (κ2) is 10.4. The second-order valence-corrected chi connectivity index (χ2v) is 6.93. The summed E-state index contributed by atoms with van der Waals surface area (Å²) in [6, 6.07) is 8.31. The van der Waals surface area contributed by atoms with Gasteiger partial charge >= 0.3 is 18.0 Å². The monoisotopic (exact) mass is 365 g/mol. The molecule has 0 aromatic heterocycles. The van der Waals surface area contributed by atoms with Crippen molar-refractivity contribution in [2.24, 2.45) is 0 Å². The lowest BCUT2D eigenvalue weighted by atomic mass is 10.1. The first-order valence-corrected chi connectivity index (χ1v) is 8.59. The van der Waals surface area contributed by atoms with Gasteiger partial charge in [-0.3, -0.25) is 4.79 Å². The number of carboxylic acid groups (broad SMARTS) is 1. The first-order chi connectivity index (χ1) is 12.2. The molecular formula is C19H27NO6. The third kappa shape index (κ3) is 9.66. The van der Waals surface area contributed by atoms with Crippen molar-refractivity contribution in [3.05, 3.63) is 35.9 Å². The van der Waals surface area contributed by atoms with Gasteiger partial charge in [0.25, 0.3) is 0 Å². The first kappa shape index (κ1) is 21.5. The molecule has 0 aliphatic rings. The van der Waals surface area contributed by atoms with E-state index in [2.05, 4.69) is 5.32 Å². The van der Waals surface area contributed by atoms with Crippen molar-refractivity contribution in [2.45, 2.75) is 64.7 Å². The molecule has 7 heteroatoms. The Morgan fingerprint density at radius 2 is 1.77 bits per heavy atom. The Morgan fingerprint density at radius 1 is 1.12 bits per heavy atom. The van der Waals surface area contributed by atoms with Crippen LogP contribution in [-0.2, 0) is 25.7 Å². The van der Waals surface area contributed by atoms with E-state index in [0.717, 1.165) is 5.56 Å². The summed E-state index contributed by atoms with van der Waals surface area (Å²) >= 11 is 0. The molecule has 0 aliphatic heterocycles. The molecule has 7 nitrogen and oxygen atoms in total. The van der Waals surface area contributed by atoms with E-state index in [1.54, 1.807) is 20.8 Å². The minimum Gasteiger partial charge on any atom is -0.480 e. The Labute approximate surface area is 153 Å². The standard InChI is InChI=1S/C19H27NO6/c1-19(2,3)26-18(24)20-15(17(22)23)11-7-8-12-16(21)25-13-14-9-5-4-6-10-14/h4-6,9-10,15H,7-8,11-13H2,1-3H3,(H,20,24)(H,22,23)/t15-/m0/s1. The van der Waals surface area contributed by atoms with E-state index in [-0.39, 0.29) is 25.4 Å². The average Bonchev–Trinajstić information content (AvgIpc) is 2.54. The summed E-state index contributed by atoms with van der Waals surface area (Å²) < 4.78 is 10.2. The summed E-state index contributed by atoms with van der Waals surface area (Å²) in [4.78, 5) is 34.6. The number of rotatable bonds is 9. The lowest BCUT2D eigenvalue weighted by Gasteiger charge is -2.22. The van der Waals surface area contributed by atoms with Crippen molar-refractivity contribution < 1.29 is 29.0 Å². The zero-order chi connectivity index (χ0) is 19.6. The molecule has 1 amide bonds. The van der Waals surface area contributed by atoms with E-state index in [1.165, 1.54) is 0 Å². The van der Waals surface area contributed by atoms with Gasteiger partial charge in [0.15, 0.2) is 0 Å². The molecule has 1 aromatic rings. The fraction of sp³-hybridized carbons (Fsp3) is 0.526. The summed E-state index contributed by atoms with van der Waals surface area (Å²) in [6.07, 6.45) is 0.583. The zero-order valence-electron chi connectivity index (χ0n) is 15.5. The highest BCUT2D eigenvalue weighted by molar-refractivity contribution is 5.80. The van der Waals surface area contributed by atoms with Crippen molar-refractivity contribution in [2.75, 3.05) is 0 Å². The molecule has 0 unspecified atom stereocenters. The van der Waals surface area contributed by atoms with Gasteiger partial charge in [-0.05, 0) is 39.2 Å². The van der Waals surface area contributed by atoms with Crippen LogP contribution in [0, 0.1) is 0 Å². The van der Waals surface area contributed by atoms with E-state index in [9.17, 15) is 19.5 Å². The Morgan fingerprint density at radius 3 is 2.35 bits per heavy atom. The number of ether oxygens (including phenoxy) is 2. The summed E-state index contributed by atoms with van der Waals surface area (Å²) in [5, 5.41) is 11.5. The fourth-order valence-electron chi connectivity index (χ4n) is 2.14. The van der Waals surface area contributed by atoms with Crippen molar-refractivity contribution in [1.29, 1.82) is 0 Å². The molecule has 0 saturated carbocycles. The van der Waals surface area contributed by atoms with Crippen LogP contribution in [0.25, 0.3) is 0 Å². The van der Waals surface area contributed by atoms with E-state index in [0.29, 0.717) is 12.8 Å². The third-order valence-corrected chi connectivity index (χ3v) is 3.36. The van der Waals surface area contributed by atoms with Crippen LogP contribution in [0.2, 0.25) is 0 Å². The molecule has 0 bridgehead atoms. The maximum Gasteiger partial charge on any atom is 0.408 e. The van der Waals surface area contributed by atoms with Crippen molar-refractivity contribution >= 4 is 18.0 Å². The van der Waals surface area contributed by atoms with Gasteiger partial charge < -0.3 is 19.9 Å². The van der Waals surface area contributed by atoms with E-state index in [1.807, 2.05) is 30.3 Å². The maximum atomic E-state index is 11.7. The highest BCUT2D eigenvalue weighted by Crippen LogP contribution is 2.10. The Kier molecular flexibility index (Phi) is 8.61. The normalized spacial score (nSPS) is 12.1. The number of amides is 1. The molecule has 0 aliphatic carbocycles. The smallest absolute Gasteiger partial charge is 0.408 e. The second-order valence-electron chi connectivity index (χ2n) is 6.93. The van der Waals surface area contributed by atoms with Crippen molar-refractivity contribution in [3.63, 3.8) is 0 Å². The Balaban J connectivity index is 2.26. The van der Waals surface area contributed by atoms with Gasteiger partial charge in [0.05, 0.1) is 0 Å². The quantitative estimate of drug-likeness (QED) is 0.514. The van der Waals surface area contributed by atoms with Crippen LogP contribution < -0.4 is 5.32 Å². The van der Waals surface area contributed by atoms with Crippen LogP contribution in [0.15, 0.2) is 30.3 Å². The van der Waals surface area contributed by atoms with Gasteiger partial charge in [0.2, 0.25) is 0 Å². The van der Waals surface area contributed by atoms with Gasteiger partial charge in [0, 0.05) is 6.42 Å². The molecule has 1 atom stereocenters. The number of unbranched alkanes of at least 4 members (excludes halogenated alkanes) is 1. The number of carbonyl (C=O) groups is 3. The molecule has 1 aromatic carbocycles. The van der Waals surface area contributed by atoms with Crippen LogP contribution in [0.5, 0.6) is 0 Å². The molecular weight excluding hydrogens is 338 g/mol. The average molecular weight is 365 g/mol. The first-order valence-electron chi connectivity index (χ1n) is 8.59. The molecule has 0 radical (unpaired) electrons. The zero-order valence-corrected chi connectivity index (χ0v) is 15.5. The van der Waals surface area contributed by atoms with Gasteiger partial charge in [-0.1, -0.05) is 36.8 Å². The lowest BCUT2D eigenvalue weighted by Crippen LogP contribution is -2.43. The largest absolute Gasteiger partial charge is 0.480 e. The van der Waals surface area contributed by atoms with Gasteiger partial charge in [-0.2, -0.15) is 0 Å². The minimum absolute atomic E-state index is 0.200. The Hall–Kier alpha value is -2.57. The predicted octanol–water partition coefficient (Wildman–Crippen LogP) is 3.27. The summed E-state index contributed by atoms with van der Waals surface area (Å²) in [7, 11) is 0. The number of benzene rings is 1. The molecule has 0 heterocycles. The number of nitrogens with one attached hydrogen (secondary N) is 1. The predicted molar refractivity (Wildman–Crippen MR) is 95.5 cm³/mol. The number of alkyl carbamates (subject to hydrolysis) is 1. The number of carbonyl (C=O) groups excluding carboxylic acids is 2. The number of carboxylic acids is 1. The van der Waals surface area contributed by atoms with Crippen LogP contribution in [0.3, 0.4) is 0 Å². The SMILES string of the molecule is CC(C)(C)OC(=O)N[C@@H](CCCCC(=O)OCc1ccccc1)C(=O)O. The summed E-state index contributed by atoms with van der Waals surface area (Å²) in [5.74, 6) is -1.47. The molecule has 0 saturated heterocycles. The summed E-state index contributed by atoms with van der Waals surface area (Å²) in [5.41, 5.74) is 0.212. The van der Waals surface area contributed by atoms with E-state index < -0.39 is 23.7 Å². The molecule has 0 fully saturated rings. The highest BCUT2D eigenvalue weighted by Gasteiger charge is 2.23. The lowest BCUT2D eigenvalue weighted by molar-refractivity contribution is -0.145. The summed E-state index contributed by atoms with van der Waals surface area (Å²) in [6.45, 7) is 5.31. The number of esters is 1.